The molecule has 28 heavy (non-hydrogen) atoms. The van der Waals surface area contributed by atoms with Crippen LogP contribution in [0.3, 0.4) is 0 Å². The fraction of sp³-hybridized carbons (Fsp3) is 0.640. The Labute approximate surface area is 168 Å². The van der Waals surface area contributed by atoms with E-state index in [0.29, 0.717) is 17.8 Å². The third kappa shape index (κ3) is 2.58. The predicted octanol–water partition coefficient (Wildman–Crippen LogP) is 5.93. The fourth-order valence-electron chi connectivity index (χ4n) is 7.38. The lowest BCUT2D eigenvalue weighted by atomic mass is 9.46. The molecule has 2 nitrogen and oxygen atoms in total. The van der Waals surface area contributed by atoms with Gasteiger partial charge in [0.1, 0.15) is 5.82 Å². The molecule has 0 saturated heterocycles. The monoisotopic (exact) mass is 381 g/mol. The predicted molar refractivity (Wildman–Crippen MR) is 110 cm³/mol. The minimum Gasteiger partial charge on any atom is -0.390 e. The van der Waals surface area contributed by atoms with Crippen molar-refractivity contribution >= 4 is 5.57 Å². The molecule has 0 radical (unpaired) electrons. The van der Waals surface area contributed by atoms with Gasteiger partial charge in [0.15, 0.2) is 0 Å². The number of allylic oxidation sites excluding steroid dienone is 3. The number of nitrogens with zero attached hydrogens (tertiary/aromatic N) is 1. The molecule has 3 unspecified atom stereocenters. The Kier molecular flexibility index (Phi) is 3.98. The molecule has 0 spiro atoms. The molecule has 5 rings (SSSR count). The first-order valence-corrected chi connectivity index (χ1v) is 11.0. The number of hydrogen-bond acceptors (Lipinski definition) is 2. The highest BCUT2D eigenvalue weighted by Gasteiger charge is 2.57. The molecule has 2 saturated carbocycles. The van der Waals surface area contributed by atoms with Crippen molar-refractivity contribution in [2.24, 2.45) is 28.6 Å². The Morgan fingerprint density at radius 2 is 1.82 bits per heavy atom. The summed E-state index contributed by atoms with van der Waals surface area (Å²) >= 11 is 0. The van der Waals surface area contributed by atoms with Crippen molar-refractivity contribution in [2.45, 2.75) is 71.3 Å². The molecule has 1 N–H and O–H groups in total. The molecule has 1 heterocycles. The lowest BCUT2D eigenvalue weighted by Crippen LogP contribution is -2.51. The Balaban J connectivity index is 1.47. The minimum atomic E-state index is -0.534. The van der Waals surface area contributed by atoms with Gasteiger partial charge in [-0.15, -0.1) is 0 Å². The van der Waals surface area contributed by atoms with Gasteiger partial charge in [-0.25, -0.2) is 4.39 Å². The summed E-state index contributed by atoms with van der Waals surface area (Å²) < 4.78 is 13.8. The maximum Gasteiger partial charge on any atom is 0.142 e. The van der Waals surface area contributed by atoms with Crippen molar-refractivity contribution in [3.8, 4) is 0 Å². The van der Waals surface area contributed by atoms with Crippen molar-refractivity contribution in [2.75, 3.05) is 0 Å². The first-order valence-electron chi connectivity index (χ1n) is 11.0. The van der Waals surface area contributed by atoms with E-state index in [-0.39, 0.29) is 16.6 Å². The summed E-state index contributed by atoms with van der Waals surface area (Å²) in [5.74, 6) is 1.78. The molecule has 0 amide bonds. The van der Waals surface area contributed by atoms with Crippen LogP contribution in [0, 0.1) is 34.4 Å². The number of aromatic nitrogens is 1. The molecule has 6 atom stereocenters. The van der Waals surface area contributed by atoms with E-state index >= 15 is 0 Å². The van der Waals surface area contributed by atoms with Gasteiger partial charge in [0, 0.05) is 6.20 Å². The van der Waals surface area contributed by atoms with E-state index in [0.717, 1.165) is 37.7 Å². The normalized spacial score (nSPS) is 44.8. The summed E-state index contributed by atoms with van der Waals surface area (Å²) in [4.78, 5) is 4.11. The fourth-order valence-corrected chi connectivity index (χ4v) is 7.38. The second-order valence-corrected chi connectivity index (χ2v) is 10.6. The van der Waals surface area contributed by atoms with Gasteiger partial charge >= 0.3 is 0 Å². The van der Waals surface area contributed by atoms with Crippen molar-refractivity contribution in [3.05, 3.63) is 47.6 Å². The van der Waals surface area contributed by atoms with Crippen LogP contribution in [0.5, 0.6) is 0 Å². The van der Waals surface area contributed by atoms with Crippen molar-refractivity contribution < 1.29 is 9.50 Å². The number of halogens is 1. The van der Waals surface area contributed by atoms with Crippen LogP contribution in [0.25, 0.3) is 5.57 Å². The van der Waals surface area contributed by atoms with Crippen molar-refractivity contribution in [1.29, 1.82) is 0 Å². The number of fused-ring (bicyclic) bond motifs is 5. The number of hydrogen-bond donors (Lipinski definition) is 1. The van der Waals surface area contributed by atoms with Crippen LogP contribution < -0.4 is 0 Å². The zero-order chi connectivity index (χ0) is 19.7. The molecule has 1 aromatic rings. The first kappa shape index (κ1) is 18.5. The number of pyridine rings is 1. The van der Waals surface area contributed by atoms with E-state index in [1.54, 1.807) is 6.07 Å². The van der Waals surface area contributed by atoms with Gasteiger partial charge in [0.05, 0.1) is 11.8 Å². The molecule has 0 bridgehead atoms. The molecule has 0 aliphatic heterocycles. The highest BCUT2D eigenvalue weighted by molar-refractivity contribution is 5.72. The highest BCUT2D eigenvalue weighted by atomic mass is 19.1. The second-order valence-electron chi connectivity index (χ2n) is 10.6. The summed E-state index contributed by atoms with van der Waals surface area (Å²) in [7, 11) is 0. The summed E-state index contributed by atoms with van der Waals surface area (Å²) in [5.41, 5.74) is 3.63. The summed E-state index contributed by atoms with van der Waals surface area (Å²) in [5, 5.41) is 10.6. The SMILES string of the molecule is C[C@@]1(O)CC[C@@]2(C)C(=CCC3C2CC[C@]2(C)C(c4cncc(F)c4)=CCC32)C1. The smallest absolute Gasteiger partial charge is 0.142 e. The number of rotatable bonds is 1. The molecule has 2 fully saturated rings. The summed E-state index contributed by atoms with van der Waals surface area (Å²) in [6.45, 7) is 6.87. The quantitative estimate of drug-likeness (QED) is 0.612. The molecular formula is C25H32FNO. The maximum absolute atomic E-state index is 13.8. The van der Waals surface area contributed by atoms with Crippen molar-refractivity contribution in [3.63, 3.8) is 0 Å². The van der Waals surface area contributed by atoms with Gasteiger partial charge in [-0.05, 0) is 97.7 Å². The van der Waals surface area contributed by atoms with Crippen LogP contribution in [0.1, 0.15) is 71.3 Å². The van der Waals surface area contributed by atoms with E-state index in [1.165, 1.54) is 30.2 Å². The molecular weight excluding hydrogens is 349 g/mol. The zero-order valence-electron chi connectivity index (χ0n) is 17.3. The molecule has 1 aromatic heterocycles. The third-order valence-corrected chi connectivity index (χ3v) is 8.98. The van der Waals surface area contributed by atoms with Crippen LogP contribution in [-0.2, 0) is 0 Å². The summed E-state index contributed by atoms with van der Waals surface area (Å²) in [6.07, 6.45) is 15.4. The van der Waals surface area contributed by atoms with Crippen LogP contribution in [0.15, 0.2) is 36.2 Å². The van der Waals surface area contributed by atoms with Gasteiger partial charge in [0.2, 0.25) is 0 Å². The Morgan fingerprint density at radius 1 is 1.00 bits per heavy atom. The van der Waals surface area contributed by atoms with E-state index in [4.69, 9.17) is 0 Å². The molecule has 3 heteroatoms. The van der Waals surface area contributed by atoms with E-state index < -0.39 is 5.60 Å². The first-order chi connectivity index (χ1) is 13.2. The molecule has 0 aromatic carbocycles. The maximum atomic E-state index is 13.8. The van der Waals surface area contributed by atoms with E-state index in [9.17, 15) is 9.50 Å². The van der Waals surface area contributed by atoms with Gasteiger partial charge in [0.25, 0.3) is 0 Å². The van der Waals surface area contributed by atoms with Crippen LogP contribution in [-0.4, -0.2) is 15.7 Å². The summed E-state index contributed by atoms with van der Waals surface area (Å²) in [6, 6.07) is 1.65. The minimum absolute atomic E-state index is 0.124. The molecule has 4 aliphatic carbocycles. The van der Waals surface area contributed by atoms with E-state index in [1.807, 2.05) is 13.1 Å². The van der Waals surface area contributed by atoms with Gasteiger partial charge in [-0.2, -0.15) is 0 Å². The topological polar surface area (TPSA) is 33.1 Å². The third-order valence-electron chi connectivity index (χ3n) is 8.98. The Bertz CT molecular complexity index is 871. The van der Waals surface area contributed by atoms with Gasteiger partial charge in [-0.1, -0.05) is 31.6 Å². The van der Waals surface area contributed by atoms with E-state index in [2.05, 4.69) is 31.0 Å². The Hall–Kier alpha value is -1.48. The standard InChI is InChI=1S/C25H32FNO/c1-23(28)10-11-24(2)17(13-23)4-5-19-21-7-6-20(16-12-18(26)15-27-14-16)25(21,3)9-8-22(19)24/h4,6,12,14-15,19,21-22,28H,5,7-11,13H2,1-3H3/t19?,21?,22?,23-,24+,25-/m1/s1. The molecule has 150 valence electrons. The van der Waals surface area contributed by atoms with Crippen molar-refractivity contribution in [1.82, 2.24) is 4.98 Å². The lowest BCUT2D eigenvalue weighted by Gasteiger charge is -2.58. The average Bonchev–Trinajstić information content (AvgIpc) is 2.99. The second kappa shape index (κ2) is 6.01. The average molecular weight is 382 g/mol. The van der Waals surface area contributed by atoms with Crippen LogP contribution in [0.4, 0.5) is 4.39 Å². The highest BCUT2D eigenvalue weighted by Crippen LogP contribution is 2.66. The van der Waals surface area contributed by atoms with Gasteiger partial charge in [-0.3, -0.25) is 4.98 Å². The Morgan fingerprint density at radius 3 is 2.61 bits per heavy atom. The van der Waals surface area contributed by atoms with Crippen LogP contribution >= 0.6 is 0 Å². The van der Waals surface area contributed by atoms with Crippen LogP contribution in [0.2, 0.25) is 0 Å². The molecule has 4 aliphatic rings. The zero-order valence-corrected chi connectivity index (χ0v) is 17.3. The largest absolute Gasteiger partial charge is 0.390 e. The number of aliphatic hydroxyl groups is 1. The van der Waals surface area contributed by atoms with Gasteiger partial charge < -0.3 is 5.11 Å². The lowest BCUT2D eigenvalue weighted by molar-refractivity contribution is -0.0486.